The number of rotatable bonds is 4. The Morgan fingerprint density at radius 2 is 1.79 bits per heavy atom. The number of fused-ring (bicyclic) bond motifs is 3. The highest BCUT2D eigenvalue weighted by Crippen LogP contribution is 2.26. The van der Waals surface area contributed by atoms with Crippen molar-refractivity contribution in [3.8, 4) is 12.3 Å². The van der Waals surface area contributed by atoms with Gasteiger partial charge >= 0.3 is 0 Å². The highest BCUT2D eigenvalue weighted by atomic mass is 15.3. The third-order valence-corrected chi connectivity index (χ3v) is 3.85. The smallest absolute Gasteiger partial charge is 0.257 e. The molecule has 0 saturated carbocycles. The molecule has 2 heterocycles. The minimum atomic E-state index is 0.569. The molecule has 2 aromatic carbocycles. The molecule has 5 nitrogen and oxygen atoms in total. The van der Waals surface area contributed by atoms with Crippen LogP contribution in [0.1, 0.15) is 12.2 Å². The highest BCUT2D eigenvalue weighted by molar-refractivity contribution is 5.92. The first-order valence-electron chi connectivity index (χ1n) is 7.75. The Morgan fingerprint density at radius 3 is 2.62 bits per heavy atom. The largest absolute Gasteiger partial charge is 0.340 e. The van der Waals surface area contributed by atoms with Gasteiger partial charge in [0.2, 0.25) is 0 Å². The maximum absolute atomic E-state index is 5.38. The molecule has 0 unspecified atom stereocenters. The third kappa shape index (κ3) is 2.44. The number of hydrogen-bond donors (Lipinski definition) is 1. The van der Waals surface area contributed by atoms with Crippen molar-refractivity contribution in [3.05, 3.63) is 60.4 Å². The molecule has 4 aromatic rings. The number of anilines is 2. The van der Waals surface area contributed by atoms with Crippen LogP contribution in [-0.4, -0.2) is 19.6 Å². The fraction of sp³-hybridized carbons (Fsp3) is 0.105. The SMILES string of the molecule is C#CCCc1nnc2nc(Nc3ccccc3)c3ccccc3n12. The zero-order valence-electron chi connectivity index (χ0n) is 13.0. The number of aromatic nitrogens is 4. The summed E-state index contributed by atoms with van der Waals surface area (Å²) in [6.07, 6.45) is 6.68. The Bertz CT molecular complexity index is 1040. The molecule has 0 aliphatic carbocycles. The summed E-state index contributed by atoms with van der Waals surface area (Å²) in [6.45, 7) is 0. The monoisotopic (exact) mass is 313 g/mol. The molecule has 24 heavy (non-hydrogen) atoms. The van der Waals surface area contributed by atoms with Crippen LogP contribution in [0.5, 0.6) is 0 Å². The van der Waals surface area contributed by atoms with Gasteiger partial charge in [0.05, 0.1) is 5.52 Å². The maximum atomic E-state index is 5.38. The standard InChI is InChI=1S/C19H15N5/c1-2-3-13-17-22-23-19-21-18(20-14-9-5-4-6-10-14)15-11-7-8-12-16(15)24(17)19/h1,4-12H,3,13H2,(H,20,21,23). The second-order valence-electron chi connectivity index (χ2n) is 5.42. The predicted molar refractivity (Wildman–Crippen MR) is 95.2 cm³/mol. The molecule has 0 radical (unpaired) electrons. The molecule has 0 saturated heterocycles. The van der Waals surface area contributed by atoms with Crippen LogP contribution in [0.15, 0.2) is 54.6 Å². The van der Waals surface area contributed by atoms with Crippen molar-refractivity contribution in [1.82, 2.24) is 19.6 Å². The van der Waals surface area contributed by atoms with Gasteiger partial charge in [0.25, 0.3) is 5.78 Å². The van der Waals surface area contributed by atoms with Crippen LogP contribution in [0.25, 0.3) is 16.7 Å². The Balaban J connectivity index is 1.90. The van der Waals surface area contributed by atoms with Crippen molar-refractivity contribution < 1.29 is 0 Å². The predicted octanol–water partition coefficient (Wildman–Crippen LogP) is 3.59. The Kier molecular flexibility index (Phi) is 3.56. The lowest BCUT2D eigenvalue weighted by Gasteiger charge is -2.11. The minimum absolute atomic E-state index is 0.569. The number of terminal acetylenes is 1. The molecule has 4 rings (SSSR count). The fourth-order valence-electron chi connectivity index (χ4n) is 2.75. The first-order valence-corrected chi connectivity index (χ1v) is 7.75. The van der Waals surface area contributed by atoms with Crippen LogP contribution in [0.4, 0.5) is 11.5 Å². The van der Waals surface area contributed by atoms with E-state index < -0.39 is 0 Å². The highest BCUT2D eigenvalue weighted by Gasteiger charge is 2.13. The van der Waals surface area contributed by atoms with Crippen LogP contribution in [0, 0.1) is 12.3 Å². The Labute approximate surface area is 139 Å². The first kappa shape index (κ1) is 14.2. The van der Waals surface area contributed by atoms with Gasteiger partial charge in [0.15, 0.2) is 0 Å². The molecule has 2 aromatic heterocycles. The molecule has 0 aliphatic rings. The maximum Gasteiger partial charge on any atom is 0.257 e. The lowest BCUT2D eigenvalue weighted by atomic mass is 10.2. The van der Waals surface area contributed by atoms with E-state index in [9.17, 15) is 0 Å². The van der Waals surface area contributed by atoms with Crippen molar-refractivity contribution in [1.29, 1.82) is 0 Å². The van der Waals surface area contributed by atoms with Crippen molar-refractivity contribution in [2.75, 3.05) is 5.32 Å². The van der Waals surface area contributed by atoms with Crippen molar-refractivity contribution in [2.45, 2.75) is 12.8 Å². The minimum Gasteiger partial charge on any atom is -0.340 e. The van der Waals surface area contributed by atoms with Gasteiger partial charge in [-0.1, -0.05) is 30.3 Å². The lowest BCUT2D eigenvalue weighted by molar-refractivity contribution is 0.878. The second kappa shape index (κ2) is 6.01. The van der Waals surface area contributed by atoms with E-state index >= 15 is 0 Å². The summed E-state index contributed by atoms with van der Waals surface area (Å²) in [5, 5.41) is 12.9. The van der Waals surface area contributed by atoms with Gasteiger partial charge in [-0.3, -0.25) is 4.40 Å². The molecule has 0 spiro atoms. The van der Waals surface area contributed by atoms with Gasteiger partial charge in [-0.2, -0.15) is 4.98 Å². The van der Waals surface area contributed by atoms with Crippen LogP contribution >= 0.6 is 0 Å². The fourth-order valence-corrected chi connectivity index (χ4v) is 2.75. The van der Waals surface area contributed by atoms with E-state index in [0.717, 1.165) is 28.2 Å². The zero-order valence-corrected chi connectivity index (χ0v) is 13.0. The first-order chi connectivity index (χ1) is 11.9. The van der Waals surface area contributed by atoms with Gasteiger partial charge < -0.3 is 5.32 Å². The van der Waals surface area contributed by atoms with Crippen LogP contribution in [0.2, 0.25) is 0 Å². The Morgan fingerprint density at radius 1 is 1.00 bits per heavy atom. The average molecular weight is 313 g/mol. The van der Waals surface area contributed by atoms with E-state index in [1.165, 1.54) is 0 Å². The second-order valence-corrected chi connectivity index (χ2v) is 5.42. The summed E-state index contributed by atoms with van der Waals surface area (Å²) in [5.74, 6) is 4.81. The van der Waals surface area contributed by atoms with E-state index in [1.54, 1.807) is 0 Å². The summed E-state index contributed by atoms with van der Waals surface area (Å²) in [5.41, 5.74) is 1.99. The van der Waals surface area contributed by atoms with Crippen molar-refractivity contribution >= 4 is 28.2 Å². The average Bonchev–Trinajstić information content (AvgIpc) is 3.04. The van der Waals surface area contributed by atoms with E-state index in [4.69, 9.17) is 6.42 Å². The van der Waals surface area contributed by atoms with E-state index in [-0.39, 0.29) is 0 Å². The zero-order chi connectivity index (χ0) is 16.4. The van der Waals surface area contributed by atoms with Gasteiger partial charge in [-0.25, -0.2) is 0 Å². The number of nitrogens with zero attached hydrogens (tertiary/aromatic N) is 4. The number of nitrogens with one attached hydrogen (secondary N) is 1. The third-order valence-electron chi connectivity index (χ3n) is 3.85. The molecule has 0 atom stereocenters. The topological polar surface area (TPSA) is 55.1 Å². The van der Waals surface area contributed by atoms with E-state index in [0.29, 0.717) is 18.6 Å². The normalized spacial score (nSPS) is 10.8. The molecule has 0 amide bonds. The van der Waals surface area contributed by atoms with Crippen LogP contribution < -0.4 is 5.32 Å². The molecular formula is C19H15N5. The number of para-hydroxylation sites is 2. The van der Waals surface area contributed by atoms with Gasteiger partial charge in [0, 0.05) is 23.9 Å². The van der Waals surface area contributed by atoms with Crippen LogP contribution in [0.3, 0.4) is 0 Å². The van der Waals surface area contributed by atoms with Gasteiger partial charge in [-0.15, -0.1) is 22.5 Å². The van der Waals surface area contributed by atoms with E-state index in [2.05, 4.69) is 26.4 Å². The summed E-state index contributed by atoms with van der Waals surface area (Å²) in [4.78, 5) is 4.65. The van der Waals surface area contributed by atoms with Gasteiger partial charge in [0.1, 0.15) is 11.6 Å². The summed E-state index contributed by atoms with van der Waals surface area (Å²) >= 11 is 0. The molecule has 116 valence electrons. The number of hydrogen-bond acceptors (Lipinski definition) is 4. The molecular weight excluding hydrogens is 298 g/mol. The lowest BCUT2D eigenvalue weighted by Crippen LogP contribution is -2.02. The van der Waals surface area contributed by atoms with Gasteiger partial charge in [-0.05, 0) is 24.3 Å². The molecule has 5 heteroatoms. The van der Waals surface area contributed by atoms with Crippen molar-refractivity contribution in [2.24, 2.45) is 0 Å². The molecule has 0 bridgehead atoms. The molecule has 0 fully saturated rings. The quantitative estimate of drug-likeness (QED) is 0.585. The van der Waals surface area contributed by atoms with Crippen LogP contribution in [-0.2, 0) is 6.42 Å². The van der Waals surface area contributed by atoms with E-state index in [1.807, 2.05) is 59.0 Å². The summed E-state index contributed by atoms with van der Waals surface area (Å²) in [6, 6.07) is 18.0. The number of benzene rings is 2. The molecule has 1 N–H and O–H groups in total. The summed E-state index contributed by atoms with van der Waals surface area (Å²) < 4.78 is 1.98. The van der Waals surface area contributed by atoms with Crippen molar-refractivity contribution in [3.63, 3.8) is 0 Å². The Hall–Kier alpha value is -3.39. The summed E-state index contributed by atoms with van der Waals surface area (Å²) in [7, 11) is 0. The number of aryl methyl sites for hydroxylation is 1. The molecule has 0 aliphatic heterocycles.